The molecule has 0 aromatic carbocycles. The van der Waals surface area contributed by atoms with E-state index in [0.29, 0.717) is 25.2 Å². The summed E-state index contributed by atoms with van der Waals surface area (Å²) >= 11 is 1.38. The topological polar surface area (TPSA) is 62.3 Å². The van der Waals surface area contributed by atoms with E-state index < -0.39 is 0 Å². The Kier molecular flexibility index (Phi) is 3.19. The maximum atomic E-state index is 12.1. The van der Waals surface area contributed by atoms with Crippen molar-refractivity contribution in [2.45, 2.75) is 19.4 Å². The van der Waals surface area contributed by atoms with E-state index >= 15 is 0 Å². The summed E-state index contributed by atoms with van der Waals surface area (Å²) < 4.78 is 0. The van der Waals surface area contributed by atoms with Crippen molar-refractivity contribution in [1.82, 2.24) is 15.2 Å². The molecule has 0 radical (unpaired) electrons. The van der Waals surface area contributed by atoms with Crippen molar-refractivity contribution in [2.75, 3.05) is 13.1 Å². The van der Waals surface area contributed by atoms with Gasteiger partial charge in [0, 0.05) is 18.5 Å². The number of piperazine rings is 1. The predicted molar refractivity (Wildman–Crippen MR) is 60.2 cm³/mol. The van der Waals surface area contributed by atoms with Crippen LogP contribution in [0.2, 0.25) is 0 Å². The zero-order valence-electron chi connectivity index (χ0n) is 8.97. The number of carbonyl (C=O) groups excluding carboxylic acids is 2. The molecular weight excluding hydrogens is 226 g/mol. The van der Waals surface area contributed by atoms with Crippen LogP contribution in [0.3, 0.4) is 0 Å². The molecule has 16 heavy (non-hydrogen) atoms. The number of amides is 2. The number of aromatic nitrogens is 1. The Labute approximate surface area is 97.5 Å². The first kappa shape index (κ1) is 11.1. The molecule has 5 nitrogen and oxygen atoms in total. The molecule has 2 rings (SSSR count). The summed E-state index contributed by atoms with van der Waals surface area (Å²) in [6.07, 6.45) is 0.627. The first-order chi connectivity index (χ1) is 7.74. The summed E-state index contributed by atoms with van der Waals surface area (Å²) in [5.74, 6) is -0.222. The Bertz CT molecular complexity index is 391. The first-order valence-electron chi connectivity index (χ1n) is 5.21. The van der Waals surface area contributed by atoms with Gasteiger partial charge < -0.3 is 10.2 Å². The maximum Gasteiger partial charge on any atom is 0.274 e. The van der Waals surface area contributed by atoms with Crippen LogP contribution in [-0.4, -0.2) is 40.8 Å². The summed E-state index contributed by atoms with van der Waals surface area (Å²) in [5.41, 5.74) is 2.05. The Hall–Kier alpha value is -1.43. The third kappa shape index (κ3) is 1.92. The van der Waals surface area contributed by atoms with Crippen LogP contribution in [0.1, 0.15) is 23.8 Å². The van der Waals surface area contributed by atoms with Gasteiger partial charge in [-0.1, -0.05) is 6.92 Å². The molecule has 1 saturated heterocycles. The molecule has 1 aliphatic rings. The molecule has 2 amide bonds. The standard InChI is InChI=1S/C10H13N3O2S/c1-2-8-9(14)11-3-4-13(8)10(15)7-5-16-6-12-7/h5-6,8H,2-4H2,1H3,(H,11,14). The minimum absolute atomic E-state index is 0.0719. The monoisotopic (exact) mass is 239 g/mol. The van der Waals surface area contributed by atoms with E-state index in [1.54, 1.807) is 15.8 Å². The van der Waals surface area contributed by atoms with Crippen LogP contribution in [0, 0.1) is 0 Å². The molecule has 0 aliphatic carbocycles. The van der Waals surface area contributed by atoms with Gasteiger partial charge in [-0.15, -0.1) is 11.3 Å². The Morgan fingerprint density at radius 2 is 2.56 bits per heavy atom. The van der Waals surface area contributed by atoms with Crippen molar-refractivity contribution in [3.63, 3.8) is 0 Å². The van der Waals surface area contributed by atoms with Crippen LogP contribution in [-0.2, 0) is 4.79 Å². The zero-order valence-corrected chi connectivity index (χ0v) is 9.79. The van der Waals surface area contributed by atoms with E-state index in [9.17, 15) is 9.59 Å². The van der Waals surface area contributed by atoms with E-state index in [2.05, 4.69) is 10.3 Å². The molecule has 0 bridgehead atoms. The Morgan fingerprint density at radius 3 is 3.19 bits per heavy atom. The van der Waals surface area contributed by atoms with Crippen LogP contribution in [0.15, 0.2) is 10.9 Å². The molecule has 1 unspecified atom stereocenters. The van der Waals surface area contributed by atoms with Gasteiger partial charge in [0.2, 0.25) is 5.91 Å². The molecule has 1 atom stereocenters. The van der Waals surface area contributed by atoms with Gasteiger partial charge in [-0.2, -0.15) is 0 Å². The van der Waals surface area contributed by atoms with Gasteiger partial charge in [0.1, 0.15) is 11.7 Å². The quantitative estimate of drug-likeness (QED) is 0.817. The Balaban J connectivity index is 2.18. The summed E-state index contributed by atoms with van der Waals surface area (Å²) in [4.78, 5) is 29.2. The lowest BCUT2D eigenvalue weighted by Crippen LogP contribution is -2.56. The largest absolute Gasteiger partial charge is 0.353 e. The van der Waals surface area contributed by atoms with Crippen molar-refractivity contribution < 1.29 is 9.59 Å². The fraction of sp³-hybridized carbons (Fsp3) is 0.500. The second-order valence-corrected chi connectivity index (χ2v) is 4.31. The van der Waals surface area contributed by atoms with Crippen LogP contribution in [0.4, 0.5) is 0 Å². The summed E-state index contributed by atoms with van der Waals surface area (Å²) in [5, 5.41) is 4.47. The molecule has 86 valence electrons. The zero-order chi connectivity index (χ0) is 11.5. The number of carbonyl (C=O) groups is 2. The van der Waals surface area contributed by atoms with Crippen LogP contribution < -0.4 is 5.32 Å². The minimum atomic E-state index is -0.358. The maximum absolute atomic E-state index is 12.1. The normalized spacial score (nSPS) is 20.7. The van der Waals surface area contributed by atoms with Crippen molar-refractivity contribution in [3.05, 3.63) is 16.6 Å². The van der Waals surface area contributed by atoms with Gasteiger partial charge in [0.15, 0.2) is 0 Å². The van der Waals surface area contributed by atoms with E-state index in [1.165, 1.54) is 11.3 Å². The number of nitrogens with zero attached hydrogens (tertiary/aromatic N) is 2. The number of hydrogen-bond donors (Lipinski definition) is 1. The van der Waals surface area contributed by atoms with Gasteiger partial charge >= 0.3 is 0 Å². The van der Waals surface area contributed by atoms with E-state index in [-0.39, 0.29) is 17.9 Å². The summed E-state index contributed by atoms with van der Waals surface area (Å²) in [6.45, 7) is 2.97. The van der Waals surface area contributed by atoms with E-state index in [0.717, 1.165) is 0 Å². The molecule has 0 spiro atoms. The second-order valence-electron chi connectivity index (χ2n) is 3.59. The average Bonchev–Trinajstić information content (AvgIpc) is 2.81. The molecule has 1 aliphatic heterocycles. The predicted octanol–water partition coefficient (Wildman–Crippen LogP) is 0.494. The van der Waals surface area contributed by atoms with Crippen molar-refractivity contribution >= 4 is 23.2 Å². The molecule has 1 aromatic heterocycles. The molecular formula is C10H13N3O2S. The van der Waals surface area contributed by atoms with Gasteiger partial charge in [-0.25, -0.2) is 4.98 Å². The summed E-state index contributed by atoms with van der Waals surface area (Å²) in [7, 11) is 0. The number of hydrogen-bond acceptors (Lipinski definition) is 4. The van der Waals surface area contributed by atoms with Crippen molar-refractivity contribution in [3.8, 4) is 0 Å². The SMILES string of the molecule is CCC1C(=O)NCCN1C(=O)c1cscn1. The summed E-state index contributed by atoms with van der Waals surface area (Å²) in [6, 6.07) is -0.358. The third-order valence-electron chi connectivity index (χ3n) is 2.63. The highest BCUT2D eigenvalue weighted by atomic mass is 32.1. The van der Waals surface area contributed by atoms with E-state index in [1.807, 2.05) is 6.92 Å². The highest BCUT2D eigenvalue weighted by Gasteiger charge is 2.32. The molecule has 6 heteroatoms. The molecule has 1 fully saturated rings. The lowest BCUT2D eigenvalue weighted by atomic mass is 10.1. The molecule has 1 N–H and O–H groups in total. The highest BCUT2D eigenvalue weighted by molar-refractivity contribution is 7.07. The van der Waals surface area contributed by atoms with Crippen LogP contribution in [0.25, 0.3) is 0 Å². The second kappa shape index (κ2) is 4.61. The number of rotatable bonds is 2. The van der Waals surface area contributed by atoms with Crippen LogP contribution in [0.5, 0.6) is 0 Å². The lowest BCUT2D eigenvalue weighted by Gasteiger charge is -2.33. The lowest BCUT2D eigenvalue weighted by molar-refractivity contribution is -0.127. The Morgan fingerprint density at radius 1 is 1.75 bits per heavy atom. The van der Waals surface area contributed by atoms with Crippen molar-refractivity contribution in [2.24, 2.45) is 0 Å². The highest BCUT2D eigenvalue weighted by Crippen LogP contribution is 2.13. The third-order valence-corrected chi connectivity index (χ3v) is 3.22. The molecule has 1 aromatic rings. The smallest absolute Gasteiger partial charge is 0.274 e. The fourth-order valence-corrected chi connectivity index (χ4v) is 2.35. The fourth-order valence-electron chi connectivity index (χ4n) is 1.83. The van der Waals surface area contributed by atoms with Gasteiger partial charge in [0.05, 0.1) is 5.51 Å². The molecule has 0 saturated carbocycles. The van der Waals surface area contributed by atoms with Gasteiger partial charge in [-0.3, -0.25) is 9.59 Å². The minimum Gasteiger partial charge on any atom is -0.353 e. The van der Waals surface area contributed by atoms with Gasteiger partial charge in [0.25, 0.3) is 5.91 Å². The average molecular weight is 239 g/mol. The first-order valence-corrected chi connectivity index (χ1v) is 6.15. The van der Waals surface area contributed by atoms with Crippen molar-refractivity contribution in [1.29, 1.82) is 0 Å². The number of nitrogens with one attached hydrogen (secondary N) is 1. The van der Waals surface area contributed by atoms with Gasteiger partial charge in [-0.05, 0) is 6.42 Å². The molecule has 2 heterocycles. The van der Waals surface area contributed by atoms with Crippen LogP contribution >= 0.6 is 11.3 Å². The number of thiazole rings is 1. The van der Waals surface area contributed by atoms with E-state index in [4.69, 9.17) is 0 Å².